The molecule has 6 heteroatoms. The fourth-order valence-corrected chi connectivity index (χ4v) is 1.98. The van der Waals surface area contributed by atoms with Gasteiger partial charge in [-0.15, -0.1) is 0 Å². The number of hydrazone groups is 1. The normalized spacial score (nSPS) is 16.3. The first-order valence-corrected chi connectivity index (χ1v) is 6.43. The molecule has 0 unspecified atom stereocenters. The second-order valence-corrected chi connectivity index (χ2v) is 4.42. The summed E-state index contributed by atoms with van der Waals surface area (Å²) >= 11 is 0. The molecule has 1 saturated heterocycles. The fourth-order valence-electron chi connectivity index (χ4n) is 1.98. The Labute approximate surface area is 111 Å². The number of rotatable bonds is 2. The van der Waals surface area contributed by atoms with E-state index in [9.17, 15) is 9.59 Å². The predicted octanol–water partition coefficient (Wildman–Crippen LogP) is 1.13. The number of hydrogen-bond acceptors (Lipinski definition) is 4. The van der Waals surface area contributed by atoms with E-state index in [2.05, 4.69) is 10.5 Å². The maximum Gasteiger partial charge on any atom is 0.329 e. The monoisotopic (exact) mass is 263 g/mol. The highest BCUT2D eigenvalue weighted by atomic mass is 16.3. The largest absolute Gasteiger partial charge is 0.463 e. The second kappa shape index (κ2) is 6.72. The molecule has 0 aromatic carbocycles. The molecule has 1 aromatic rings. The Morgan fingerprint density at radius 2 is 2.00 bits per heavy atom. The summed E-state index contributed by atoms with van der Waals surface area (Å²) in [4.78, 5) is 25.1. The van der Waals surface area contributed by atoms with Gasteiger partial charge in [0.25, 0.3) is 0 Å². The molecule has 0 saturated carbocycles. The van der Waals surface area contributed by atoms with Crippen LogP contribution >= 0.6 is 0 Å². The van der Waals surface area contributed by atoms with E-state index >= 15 is 0 Å². The molecule has 1 aliphatic heterocycles. The number of carbonyl (C=O) groups excluding carboxylic acids is 2. The quantitative estimate of drug-likeness (QED) is 0.494. The van der Waals surface area contributed by atoms with Crippen LogP contribution in [0.2, 0.25) is 0 Å². The molecule has 1 aromatic heterocycles. The molecule has 1 aliphatic rings. The van der Waals surface area contributed by atoms with Crippen LogP contribution in [-0.2, 0) is 9.59 Å². The molecule has 2 heterocycles. The minimum atomic E-state index is -0.704. The summed E-state index contributed by atoms with van der Waals surface area (Å²) in [6.07, 6.45) is 6.99. The van der Waals surface area contributed by atoms with E-state index in [0.717, 1.165) is 25.7 Å². The van der Waals surface area contributed by atoms with Crippen molar-refractivity contribution in [3.05, 3.63) is 24.2 Å². The van der Waals surface area contributed by atoms with Gasteiger partial charge in [0.15, 0.2) is 0 Å². The third kappa shape index (κ3) is 3.94. The maximum atomic E-state index is 11.9. The van der Waals surface area contributed by atoms with Gasteiger partial charge in [0.05, 0.1) is 12.5 Å². The van der Waals surface area contributed by atoms with E-state index in [1.54, 1.807) is 17.0 Å². The lowest BCUT2D eigenvalue weighted by Gasteiger charge is -2.18. The van der Waals surface area contributed by atoms with Crippen molar-refractivity contribution in [1.82, 2.24) is 10.3 Å². The van der Waals surface area contributed by atoms with Crippen LogP contribution in [0.1, 0.15) is 31.4 Å². The fraction of sp³-hybridized carbons (Fsp3) is 0.462. The first kappa shape index (κ1) is 13.3. The van der Waals surface area contributed by atoms with E-state index in [4.69, 9.17) is 4.42 Å². The molecule has 1 N–H and O–H groups in total. The molecule has 0 aliphatic carbocycles. The summed E-state index contributed by atoms with van der Waals surface area (Å²) in [6.45, 7) is 1.29. The van der Waals surface area contributed by atoms with Gasteiger partial charge in [-0.25, -0.2) is 5.43 Å². The lowest BCUT2D eigenvalue weighted by Crippen LogP contribution is -2.41. The average molecular weight is 263 g/mol. The minimum absolute atomic E-state index is 0.515. The Hall–Kier alpha value is -2.11. The van der Waals surface area contributed by atoms with Gasteiger partial charge in [-0.1, -0.05) is 12.8 Å². The van der Waals surface area contributed by atoms with Crippen LogP contribution in [0.15, 0.2) is 27.9 Å². The van der Waals surface area contributed by atoms with Crippen molar-refractivity contribution in [2.24, 2.45) is 5.10 Å². The number of nitrogens with one attached hydrogen (secondary N) is 1. The lowest BCUT2D eigenvalue weighted by atomic mass is 10.2. The molecule has 6 nitrogen and oxygen atoms in total. The van der Waals surface area contributed by atoms with Crippen molar-refractivity contribution < 1.29 is 14.0 Å². The second-order valence-electron chi connectivity index (χ2n) is 4.42. The molecule has 102 valence electrons. The molecule has 19 heavy (non-hydrogen) atoms. The number of amides is 2. The zero-order valence-corrected chi connectivity index (χ0v) is 10.7. The Kier molecular flexibility index (Phi) is 4.72. The van der Waals surface area contributed by atoms with E-state index in [0.29, 0.717) is 18.8 Å². The van der Waals surface area contributed by atoms with Crippen molar-refractivity contribution in [1.29, 1.82) is 0 Å². The minimum Gasteiger partial charge on any atom is -0.463 e. The van der Waals surface area contributed by atoms with Gasteiger partial charge in [0.1, 0.15) is 5.76 Å². The molecule has 0 atom stereocenters. The standard InChI is InChI=1S/C13H17N3O3/c17-12(15-14-10-11-6-5-9-19-11)13(18)16-7-3-1-2-4-8-16/h5-6,9-10H,1-4,7-8H2,(H,15,17)/b14-10-. The summed E-state index contributed by atoms with van der Waals surface area (Å²) in [5, 5.41) is 3.69. The molecule has 2 rings (SSSR count). The lowest BCUT2D eigenvalue weighted by molar-refractivity contribution is -0.145. The SMILES string of the molecule is O=C(N/N=C\c1ccco1)C(=O)N1CCCCCC1. The molecule has 0 radical (unpaired) electrons. The van der Waals surface area contributed by atoms with Gasteiger partial charge in [-0.2, -0.15) is 5.10 Å². The van der Waals surface area contributed by atoms with E-state index in [1.807, 2.05) is 0 Å². The summed E-state index contributed by atoms with van der Waals surface area (Å²) in [7, 11) is 0. The van der Waals surface area contributed by atoms with Gasteiger partial charge >= 0.3 is 11.8 Å². The van der Waals surface area contributed by atoms with E-state index in [-0.39, 0.29) is 0 Å². The maximum absolute atomic E-state index is 11.9. The predicted molar refractivity (Wildman–Crippen MR) is 69.5 cm³/mol. The summed E-state index contributed by atoms with van der Waals surface area (Å²) < 4.78 is 5.01. The first-order chi connectivity index (χ1) is 9.27. The molecule has 0 spiro atoms. The molecule has 0 bridgehead atoms. The van der Waals surface area contributed by atoms with Crippen LogP contribution in [-0.4, -0.2) is 36.0 Å². The third-order valence-corrected chi connectivity index (χ3v) is 2.99. The van der Waals surface area contributed by atoms with Crippen LogP contribution in [0, 0.1) is 0 Å². The van der Waals surface area contributed by atoms with E-state index < -0.39 is 11.8 Å². The Morgan fingerprint density at radius 3 is 2.63 bits per heavy atom. The van der Waals surface area contributed by atoms with Crippen molar-refractivity contribution in [2.45, 2.75) is 25.7 Å². The Morgan fingerprint density at radius 1 is 1.26 bits per heavy atom. The number of carbonyl (C=O) groups is 2. The Bertz CT molecular complexity index is 446. The van der Waals surface area contributed by atoms with Crippen LogP contribution in [0.5, 0.6) is 0 Å². The highest BCUT2D eigenvalue weighted by molar-refractivity contribution is 6.35. The van der Waals surface area contributed by atoms with Gasteiger partial charge in [-0.3, -0.25) is 9.59 Å². The van der Waals surface area contributed by atoms with E-state index in [1.165, 1.54) is 12.5 Å². The van der Waals surface area contributed by atoms with Gasteiger partial charge in [0, 0.05) is 13.1 Å². The number of likely N-dealkylation sites (tertiary alicyclic amines) is 1. The van der Waals surface area contributed by atoms with Crippen molar-refractivity contribution >= 4 is 18.0 Å². The highest BCUT2D eigenvalue weighted by Gasteiger charge is 2.22. The third-order valence-electron chi connectivity index (χ3n) is 2.99. The topological polar surface area (TPSA) is 74.9 Å². The van der Waals surface area contributed by atoms with Crippen LogP contribution in [0.4, 0.5) is 0 Å². The number of nitrogens with zero attached hydrogens (tertiary/aromatic N) is 2. The zero-order chi connectivity index (χ0) is 13.5. The van der Waals surface area contributed by atoms with Crippen molar-refractivity contribution in [2.75, 3.05) is 13.1 Å². The summed E-state index contributed by atoms with van der Waals surface area (Å²) in [5.41, 5.74) is 2.22. The van der Waals surface area contributed by atoms with Crippen LogP contribution in [0.3, 0.4) is 0 Å². The summed E-state index contributed by atoms with van der Waals surface area (Å²) in [5.74, 6) is -0.703. The zero-order valence-electron chi connectivity index (χ0n) is 10.7. The van der Waals surface area contributed by atoms with Crippen LogP contribution < -0.4 is 5.43 Å². The molecular weight excluding hydrogens is 246 g/mol. The highest BCUT2D eigenvalue weighted by Crippen LogP contribution is 2.09. The van der Waals surface area contributed by atoms with Crippen molar-refractivity contribution in [3.63, 3.8) is 0 Å². The van der Waals surface area contributed by atoms with Gasteiger partial charge in [0.2, 0.25) is 0 Å². The van der Waals surface area contributed by atoms with Gasteiger partial charge < -0.3 is 9.32 Å². The van der Waals surface area contributed by atoms with Gasteiger partial charge in [-0.05, 0) is 25.0 Å². The number of furan rings is 1. The number of hydrogen-bond donors (Lipinski definition) is 1. The Balaban J connectivity index is 1.83. The van der Waals surface area contributed by atoms with Crippen LogP contribution in [0.25, 0.3) is 0 Å². The first-order valence-electron chi connectivity index (χ1n) is 6.43. The molecule has 2 amide bonds. The smallest absolute Gasteiger partial charge is 0.329 e. The summed E-state index contributed by atoms with van der Waals surface area (Å²) in [6, 6.07) is 3.41. The van der Waals surface area contributed by atoms with Crippen molar-refractivity contribution in [3.8, 4) is 0 Å². The average Bonchev–Trinajstić information content (AvgIpc) is 2.78. The molecule has 1 fully saturated rings. The molecular formula is C13H17N3O3.